The van der Waals surface area contributed by atoms with Gasteiger partial charge in [-0.25, -0.2) is 0 Å². The zero-order valence-corrected chi connectivity index (χ0v) is 11.4. The minimum Gasteiger partial charge on any atom is -0.388 e. The topological polar surface area (TPSA) is 24.4 Å². The molecular weight excluding hydrogens is 244 g/mol. The number of anilines is 1. The van der Waals surface area contributed by atoms with Gasteiger partial charge in [0.1, 0.15) is 0 Å². The Kier molecular flexibility index (Phi) is 3.46. The molecule has 0 amide bonds. The van der Waals surface area contributed by atoms with Crippen LogP contribution < -0.4 is 5.32 Å². The van der Waals surface area contributed by atoms with Gasteiger partial charge in [-0.2, -0.15) is 0 Å². The maximum Gasteiger partial charge on any atom is 0.0708 e. The summed E-state index contributed by atoms with van der Waals surface area (Å²) in [6, 6.07) is 22.6. The Hall–Kier alpha value is -2.61. The predicted molar refractivity (Wildman–Crippen MR) is 87.2 cm³/mol. The molecule has 0 spiro atoms. The van der Waals surface area contributed by atoms with Gasteiger partial charge in [-0.3, -0.25) is 4.99 Å². The molecule has 0 aromatic heterocycles. The summed E-state index contributed by atoms with van der Waals surface area (Å²) in [6.07, 6.45) is 1.91. The summed E-state index contributed by atoms with van der Waals surface area (Å²) < 4.78 is 0. The van der Waals surface area contributed by atoms with Crippen molar-refractivity contribution in [3.05, 3.63) is 72.3 Å². The molecule has 0 aliphatic heterocycles. The third-order valence-corrected chi connectivity index (χ3v) is 3.34. The summed E-state index contributed by atoms with van der Waals surface area (Å²) in [4.78, 5) is 4.65. The molecule has 0 aliphatic carbocycles. The average Bonchev–Trinajstić information content (AvgIpc) is 2.53. The Morgan fingerprint density at radius 3 is 2.50 bits per heavy atom. The van der Waals surface area contributed by atoms with Gasteiger partial charge in [0.15, 0.2) is 0 Å². The van der Waals surface area contributed by atoms with Gasteiger partial charge in [-0.15, -0.1) is 0 Å². The smallest absolute Gasteiger partial charge is 0.0708 e. The zero-order chi connectivity index (χ0) is 13.8. The predicted octanol–water partition coefficient (Wildman–Crippen LogP) is 4.63. The van der Waals surface area contributed by atoms with E-state index in [2.05, 4.69) is 34.6 Å². The van der Waals surface area contributed by atoms with E-state index in [4.69, 9.17) is 0 Å². The molecule has 98 valence electrons. The van der Waals surface area contributed by atoms with Crippen molar-refractivity contribution in [3.63, 3.8) is 0 Å². The molecule has 0 saturated heterocycles. The van der Waals surface area contributed by atoms with Gasteiger partial charge in [0.2, 0.25) is 0 Å². The molecule has 0 bridgehead atoms. The fourth-order valence-electron chi connectivity index (χ4n) is 2.30. The lowest BCUT2D eigenvalue weighted by Gasteiger charge is -2.04. The van der Waals surface area contributed by atoms with Crippen LogP contribution in [0.3, 0.4) is 0 Å². The Morgan fingerprint density at radius 1 is 0.850 bits per heavy atom. The average molecular weight is 260 g/mol. The van der Waals surface area contributed by atoms with E-state index in [9.17, 15) is 0 Å². The summed E-state index contributed by atoms with van der Waals surface area (Å²) in [5.74, 6) is 0. The molecule has 0 heterocycles. The van der Waals surface area contributed by atoms with E-state index in [-0.39, 0.29) is 0 Å². The summed E-state index contributed by atoms with van der Waals surface area (Å²) in [7, 11) is 1.92. The van der Waals surface area contributed by atoms with Gasteiger partial charge in [0, 0.05) is 29.9 Å². The zero-order valence-electron chi connectivity index (χ0n) is 11.4. The van der Waals surface area contributed by atoms with Crippen LogP contribution in [0.15, 0.2) is 71.7 Å². The van der Waals surface area contributed by atoms with Crippen molar-refractivity contribution in [3.8, 4) is 0 Å². The van der Waals surface area contributed by atoms with E-state index in [0.29, 0.717) is 0 Å². The van der Waals surface area contributed by atoms with E-state index < -0.39 is 0 Å². The van der Waals surface area contributed by atoms with Crippen LogP contribution in [0, 0.1) is 0 Å². The van der Waals surface area contributed by atoms with E-state index >= 15 is 0 Å². The fraction of sp³-hybridized carbons (Fsp3) is 0.0556. The molecule has 0 radical (unpaired) electrons. The first-order chi connectivity index (χ1) is 9.88. The van der Waals surface area contributed by atoms with Crippen molar-refractivity contribution >= 4 is 28.4 Å². The first-order valence-electron chi connectivity index (χ1n) is 6.67. The summed E-state index contributed by atoms with van der Waals surface area (Å²) >= 11 is 0. The molecule has 1 N–H and O–H groups in total. The van der Waals surface area contributed by atoms with Crippen LogP contribution >= 0.6 is 0 Å². The minimum absolute atomic E-state index is 0.994. The number of para-hydroxylation sites is 1. The fourth-order valence-corrected chi connectivity index (χ4v) is 2.30. The summed E-state index contributed by atoms with van der Waals surface area (Å²) in [5, 5.41) is 5.56. The van der Waals surface area contributed by atoms with Crippen LogP contribution in [0.2, 0.25) is 0 Å². The van der Waals surface area contributed by atoms with E-state index in [1.807, 2.05) is 55.7 Å². The van der Waals surface area contributed by atoms with Crippen LogP contribution in [-0.2, 0) is 0 Å². The third-order valence-electron chi connectivity index (χ3n) is 3.34. The minimum atomic E-state index is 0.994. The summed E-state index contributed by atoms with van der Waals surface area (Å²) in [6.45, 7) is 0. The number of hydrogen-bond acceptors (Lipinski definition) is 2. The van der Waals surface area contributed by atoms with E-state index in [1.54, 1.807) is 0 Å². The molecule has 3 aromatic carbocycles. The van der Waals surface area contributed by atoms with Crippen LogP contribution in [0.1, 0.15) is 5.56 Å². The number of nitrogens with zero attached hydrogens (tertiary/aromatic N) is 1. The van der Waals surface area contributed by atoms with Crippen molar-refractivity contribution < 1.29 is 0 Å². The SMILES string of the molecule is CNc1ccccc1C=Nc1cccc2ccccc12. The maximum atomic E-state index is 4.65. The molecule has 3 aromatic rings. The first kappa shape index (κ1) is 12.4. The van der Waals surface area contributed by atoms with E-state index in [1.165, 1.54) is 10.8 Å². The van der Waals surface area contributed by atoms with Crippen molar-refractivity contribution in [1.82, 2.24) is 0 Å². The summed E-state index contributed by atoms with van der Waals surface area (Å²) in [5.41, 5.74) is 3.16. The highest BCUT2D eigenvalue weighted by Crippen LogP contribution is 2.25. The number of aliphatic imine (C=N–C) groups is 1. The van der Waals surface area contributed by atoms with Crippen molar-refractivity contribution in [2.45, 2.75) is 0 Å². The highest BCUT2D eigenvalue weighted by Gasteiger charge is 1.99. The third kappa shape index (κ3) is 2.41. The number of nitrogens with one attached hydrogen (secondary N) is 1. The second-order valence-electron chi connectivity index (χ2n) is 4.59. The molecule has 2 nitrogen and oxygen atoms in total. The number of fused-ring (bicyclic) bond motifs is 1. The lowest BCUT2D eigenvalue weighted by Crippen LogP contribution is -1.93. The van der Waals surface area contributed by atoms with Crippen LogP contribution in [0.5, 0.6) is 0 Å². The number of hydrogen-bond donors (Lipinski definition) is 1. The van der Waals surface area contributed by atoms with Crippen molar-refractivity contribution in [2.24, 2.45) is 4.99 Å². The van der Waals surface area contributed by atoms with E-state index in [0.717, 1.165) is 16.9 Å². The van der Waals surface area contributed by atoms with Gasteiger partial charge in [-0.1, -0.05) is 54.6 Å². The van der Waals surface area contributed by atoms with Gasteiger partial charge in [0.05, 0.1) is 5.69 Å². The molecule has 0 saturated carbocycles. The second-order valence-corrected chi connectivity index (χ2v) is 4.59. The molecule has 3 rings (SSSR count). The van der Waals surface area contributed by atoms with Gasteiger partial charge in [-0.05, 0) is 17.5 Å². The van der Waals surface area contributed by atoms with Crippen LogP contribution in [0.25, 0.3) is 10.8 Å². The lowest BCUT2D eigenvalue weighted by atomic mass is 10.1. The molecule has 0 fully saturated rings. The Bertz CT molecular complexity index is 755. The quantitative estimate of drug-likeness (QED) is 0.682. The van der Waals surface area contributed by atoms with Gasteiger partial charge < -0.3 is 5.32 Å². The molecule has 0 aliphatic rings. The number of rotatable bonds is 3. The monoisotopic (exact) mass is 260 g/mol. The molecule has 2 heteroatoms. The number of benzene rings is 3. The highest BCUT2D eigenvalue weighted by molar-refractivity contribution is 5.96. The first-order valence-corrected chi connectivity index (χ1v) is 6.67. The van der Waals surface area contributed by atoms with Crippen molar-refractivity contribution in [2.75, 3.05) is 12.4 Å². The largest absolute Gasteiger partial charge is 0.388 e. The Labute approximate surface area is 118 Å². The molecular formula is C18H16N2. The second kappa shape index (κ2) is 5.57. The Balaban J connectivity index is 2.03. The molecule has 0 unspecified atom stereocenters. The van der Waals surface area contributed by atoms with Crippen LogP contribution in [0.4, 0.5) is 11.4 Å². The lowest BCUT2D eigenvalue weighted by molar-refractivity contribution is 1.49. The normalized spacial score (nSPS) is 11.1. The van der Waals surface area contributed by atoms with Crippen molar-refractivity contribution in [1.29, 1.82) is 0 Å². The van der Waals surface area contributed by atoms with Gasteiger partial charge in [0.25, 0.3) is 0 Å². The standard InChI is InChI=1S/C18H16N2/c1-19-17-11-5-3-8-15(17)13-20-18-12-6-9-14-7-2-4-10-16(14)18/h2-13,19H,1H3. The maximum absolute atomic E-state index is 4.65. The molecule has 20 heavy (non-hydrogen) atoms. The Morgan fingerprint density at radius 2 is 1.60 bits per heavy atom. The van der Waals surface area contributed by atoms with Crippen LogP contribution in [-0.4, -0.2) is 13.3 Å². The molecule has 0 atom stereocenters. The van der Waals surface area contributed by atoms with Gasteiger partial charge >= 0.3 is 0 Å². The highest BCUT2D eigenvalue weighted by atomic mass is 14.8.